The van der Waals surface area contributed by atoms with Crippen molar-refractivity contribution in [2.24, 2.45) is 0 Å². The van der Waals surface area contributed by atoms with Gasteiger partial charge in [-0.05, 0) is 25.0 Å². The molecule has 1 saturated carbocycles. The van der Waals surface area contributed by atoms with Gasteiger partial charge in [0.25, 0.3) is 5.56 Å². The van der Waals surface area contributed by atoms with Crippen molar-refractivity contribution in [1.82, 2.24) is 14.9 Å². The number of nitrogens with one attached hydrogen (secondary N) is 1. The molecule has 7 nitrogen and oxygen atoms in total. The minimum Gasteiger partial charge on any atom is -0.475 e. The monoisotopic (exact) mass is 315 g/mol. The topological polar surface area (TPSA) is 99.4 Å². The van der Waals surface area contributed by atoms with Crippen LogP contribution in [0.4, 0.5) is 0 Å². The first-order valence-corrected chi connectivity index (χ1v) is 7.76. The highest BCUT2D eigenvalue weighted by atomic mass is 16.4. The summed E-state index contributed by atoms with van der Waals surface area (Å²) >= 11 is 0. The molecule has 4 rings (SSSR count). The van der Waals surface area contributed by atoms with Gasteiger partial charge >= 0.3 is 5.97 Å². The number of aromatic nitrogens is 2. The lowest BCUT2D eigenvalue weighted by molar-refractivity contribution is 0.0658. The molecule has 2 aromatic heterocycles. The summed E-state index contributed by atoms with van der Waals surface area (Å²) in [5.74, 6) is 0.715. The Kier molecular flexibility index (Phi) is 3.30. The van der Waals surface area contributed by atoms with Crippen LogP contribution < -0.4 is 5.56 Å². The van der Waals surface area contributed by atoms with Gasteiger partial charge in [0.1, 0.15) is 11.6 Å². The highest BCUT2D eigenvalue weighted by Crippen LogP contribution is 2.37. The Morgan fingerprint density at radius 1 is 1.43 bits per heavy atom. The number of hydrogen-bond donors (Lipinski definition) is 2. The number of aromatic amines is 1. The van der Waals surface area contributed by atoms with Gasteiger partial charge in [0.2, 0.25) is 5.76 Å². The highest BCUT2D eigenvalue weighted by Gasteiger charge is 2.29. The normalized spacial score (nSPS) is 17.9. The third kappa shape index (κ3) is 2.79. The second-order valence-electron chi connectivity index (χ2n) is 6.18. The first kappa shape index (κ1) is 14.2. The lowest BCUT2D eigenvalue weighted by Gasteiger charge is -2.26. The van der Waals surface area contributed by atoms with Gasteiger partial charge in [0, 0.05) is 25.4 Å². The number of carbonyl (C=O) groups is 1. The number of carboxylic acids is 1. The van der Waals surface area contributed by atoms with Crippen molar-refractivity contribution in [2.75, 3.05) is 6.54 Å². The molecule has 1 aliphatic heterocycles. The number of H-pyrrole nitrogens is 1. The summed E-state index contributed by atoms with van der Waals surface area (Å²) in [5, 5.41) is 8.89. The molecule has 7 heteroatoms. The van der Waals surface area contributed by atoms with E-state index in [4.69, 9.17) is 9.52 Å². The molecule has 1 aliphatic carbocycles. The fourth-order valence-electron chi connectivity index (χ4n) is 2.98. The van der Waals surface area contributed by atoms with Crippen molar-refractivity contribution in [1.29, 1.82) is 0 Å². The summed E-state index contributed by atoms with van der Waals surface area (Å²) in [6.07, 6.45) is 2.95. The maximum Gasteiger partial charge on any atom is 0.371 e. The average Bonchev–Trinajstić information content (AvgIpc) is 3.27. The molecule has 23 heavy (non-hydrogen) atoms. The van der Waals surface area contributed by atoms with Crippen molar-refractivity contribution in [3.8, 4) is 0 Å². The van der Waals surface area contributed by atoms with Crippen molar-refractivity contribution >= 4 is 5.97 Å². The summed E-state index contributed by atoms with van der Waals surface area (Å²) in [6.45, 7) is 1.76. The average molecular weight is 315 g/mol. The van der Waals surface area contributed by atoms with Gasteiger partial charge < -0.3 is 14.5 Å². The standard InChI is InChI=1S/C16H17N3O4/c20-15-11-8-19(7-10-3-4-13(23-10)16(21)22)6-5-12(11)17-14(18-15)9-1-2-9/h3-4,9H,1-2,5-8H2,(H,21,22)(H,17,18,20). The SMILES string of the molecule is O=C(O)c1ccc(CN2CCc3nc(C4CC4)[nH]c(=O)c3C2)o1. The molecular formula is C16H17N3O4. The number of furan rings is 1. The Bertz CT molecular complexity index is 819. The first-order chi connectivity index (χ1) is 11.1. The summed E-state index contributed by atoms with van der Waals surface area (Å²) in [4.78, 5) is 32.7. The van der Waals surface area contributed by atoms with Gasteiger partial charge in [-0.15, -0.1) is 0 Å². The fourth-order valence-corrected chi connectivity index (χ4v) is 2.98. The zero-order valence-electron chi connectivity index (χ0n) is 12.5. The molecule has 2 aliphatic rings. The third-order valence-corrected chi connectivity index (χ3v) is 4.38. The summed E-state index contributed by atoms with van der Waals surface area (Å²) in [5.41, 5.74) is 1.57. The van der Waals surface area contributed by atoms with Gasteiger partial charge in [-0.3, -0.25) is 9.69 Å². The van der Waals surface area contributed by atoms with E-state index in [1.165, 1.54) is 6.07 Å². The van der Waals surface area contributed by atoms with Crippen molar-refractivity contribution in [2.45, 2.75) is 38.3 Å². The van der Waals surface area contributed by atoms with Crippen molar-refractivity contribution < 1.29 is 14.3 Å². The number of carboxylic acid groups (broad SMARTS) is 1. The quantitative estimate of drug-likeness (QED) is 0.887. The molecule has 0 spiro atoms. The second-order valence-corrected chi connectivity index (χ2v) is 6.18. The summed E-state index contributed by atoms with van der Waals surface area (Å²) < 4.78 is 5.28. The molecule has 0 radical (unpaired) electrons. The predicted octanol–water partition coefficient (Wildman–Crippen LogP) is 1.50. The Hall–Kier alpha value is -2.41. The Balaban J connectivity index is 1.51. The molecule has 2 N–H and O–H groups in total. The van der Waals surface area contributed by atoms with Crippen LogP contribution in [-0.2, 0) is 19.5 Å². The molecule has 120 valence electrons. The first-order valence-electron chi connectivity index (χ1n) is 7.76. The lowest BCUT2D eigenvalue weighted by atomic mass is 10.1. The van der Waals surface area contributed by atoms with E-state index in [-0.39, 0.29) is 11.3 Å². The van der Waals surface area contributed by atoms with E-state index in [0.717, 1.165) is 37.3 Å². The molecule has 0 amide bonds. The molecule has 0 bridgehead atoms. The largest absolute Gasteiger partial charge is 0.475 e. The van der Waals surface area contributed by atoms with E-state index in [2.05, 4.69) is 14.9 Å². The zero-order valence-corrected chi connectivity index (χ0v) is 12.5. The van der Waals surface area contributed by atoms with Crippen LogP contribution in [-0.4, -0.2) is 32.5 Å². The number of hydrogen-bond acceptors (Lipinski definition) is 5. The van der Waals surface area contributed by atoms with Crippen LogP contribution in [0.25, 0.3) is 0 Å². The van der Waals surface area contributed by atoms with E-state index in [1.807, 2.05) is 0 Å². The number of aromatic carboxylic acids is 1. The molecule has 0 atom stereocenters. The van der Waals surface area contributed by atoms with E-state index in [1.54, 1.807) is 6.07 Å². The van der Waals surface area contributed by atoms with Gasteiger partial charge in [0.15, 0.2) is 0 Å². The Morgan fingerprint density at radius 3 is 2.96 bits per heavy atom. The lowest BCUT2D eigenvalue weighted by Crippen LogP contribution is -2.35. The van der Waals surface area contributed by atoms with E-state index < -0.39 is 5.97 Å². The summed E-state index contributed by atoms with van der Waals surface area (Å²) in [7, 11) is 0. The fraction of sp³-hybridized carbons (Fsp3) is 0.438. The predicted molar refractivity (Wildman–Crippen MR) is 80.3 cm³/mol. The maximum atomic E-state index is 12.3. The van der Waals surface area contributed by atoms with E-state index >= 15 is 0 Å². The van der Waals surface area contributed by atoms with Crippen LogP contribution >= 0.6 is 0 Å². The molecular weight excluding hydrogens is 298 g/mol. The second kappa shape index (κ2) is 5.34. The van der Waals surface area contributed by atoms with Crippen molar-refractivity contribution in [3.63, 3.8) is 0 Å². The molecule has 0 aromatic carbocycles. The molecule has 2 aromatic rings. The van der Waals surface area contributed by atoms with E-state index in [9.17, 15) is 9.59 Å². The molecule has 0 unspecified atom stereocenters. The highest BCUT2D eigenvalue weighted by molar-refractivity contribution is 5.84. The molecule has 3 heterocycles. The van der Waals surface area contributed by atoms with Crippen LogP contribution in [0.2, 0.25) is 0 Å². The van der Waals surface area contributed by atoms with Gasteiger partial charge in [-0.2, -0.15) is 0 Å². The Morgan fingerprint density at radius 2 is 2.26 bits per heavy atom. The van der Waals surface area contributed by atoms with Crippen LogP contribution in [0.1, 0.15) is 52.2 Å². The Labute approximate surface area is 132 Å². The smallest absolute Gasteiger partial charge is 0.371 e. The number of fused-ring (bicyclic) bond motifs is 1. The van der Waals surface area contributed by atoms with Crippen LogP contribution in [0.5, 0.6) is 0 Å². The number of rotatable bonds is 4. The van der Waals surface area contributed by atoms with E-state index in [0.29, 0.717) is 30.3 Å². The third-order valence-electron chi connectivity index (χ3n) is 4.38. The van der Waals surface area contributed by atoms with Gasteiger partial charge in [-0.25, -0.2) is 9.78 Å². The minimum absolute atomic E-state index is 0.0488. The summed E-state index contributed by atoms with van der Waals surface area (Å²) in [6, 6.07) is 3.11. The van der Waals surface area contributed by atoms with Crippen LogP contribution in [0.15, 0.2) is 21.3 Å². The van der Waals surface area contributed by atoms with Gasteiger partial charge in [0.05, 0.1) is 17.8 Å². The minimum atomic E-state index is -1.08. The zero-order chi connectivity index (χ0) is 16.0. The number of nitrogens with zero attached hydrogens (tertiary/aromatic N) is 2. The van der Waals surface area contributed by atoms with Crippen molar-refractivity contribution in [3.05, 3.63) is 51.1 Å². The van der Waals surface area contributed by atoms with Crippen LogP contribution in [0, 0.1) is 0 Å². The van der Waals surface area contributed by atoms with Gasteiger partial charge in [-0.1, -0.05) is 0 Å². The molecule has 0 saturated heterocycles. The van der Waals surface area contributed by atoms with Crippen LogP contribution in [0.3, 0.4) is 0 Å². The molecule has 1 fully saturated rings. The maximum absolute atomic E-state index is 12.3.